The molecule has 2 amide bonds. The molecule has 2 aromatic rings. The second kappa shape index (κ2) is 11.6. The minimum absolute atomic E-state index is 0.136. The summed E-state index contributed by atoms with van der Waals surface area (Å²) in [7, 11) is 0. The van der Waals surface area contributed by atoms with Gasteiger partial charge in [0, 0.05) is 25.1 Å². The Morgan fingerprint density at radius 3 is 2.34 bits per heavy atom. The molecule has 172 valence electrons. The van der Waals surface area contributed by atoms with Gasteiger partial charge in [-0.05, 0) is 61.6 Å². The van der Waals surface area contributed by atoms with E-state index in [-0.39, 0.29) is 17.9 Å². The van der Waals surface area contributed by atoms with Gasteiger partial charge in [0.15, 0.2) is 11.5 Å². The van der Waals surface area contributed by atoms with Crippen LogP contribution in [0.25, 0.3) is 0 Å². The van der Waals surface area contributed by atoms with E-state index in [1.807, 2.05) is 54.3 Å². The Morgan fingerprint density at radius 1 is 1.03 bits per heavy atom. The lowest BCUT2D eigenvalue weighted by Gasteiger charge is -2.18. The van der Waals surface area contributed by atoms with Crippen LogP contribution in [0, 0.1) is 0 Å². The van der Waals surface area contributed by atoms with Crippen LogP contribution >= 0.6 is 0 Å². The van der Waals surface area contributed by atoms with Gasteiger partial charge in [-0.2, -0.15) is 0 Å². The van der Waals surface area contributed by atoms with E-state index in [0.717, 1.165) is 42.7 Å². The maximum atomic E-state index is 12.8. The number of rotatable bonds is 11. The molecule has 1 saturated heterocycles. The predicted octanol–water partition coefficient (Wildman–Crippen LogP) is 4.88. The van der Waals surface area contributed by atoms with E-state index >= 15 is 0 Å². The summed E-state index contributed by atoms with van der Waals surface area (Å²) in [5, 5.41) is 3.06. The summed E-state index contributed by atoms with van der Waals surface area (Å²) in [6, 6.07) is 13.1. The summed E-state index contributed by atoms with van der Waals surface area (Å²) in [5.74, 6) is 1.51. The van der Waals surface area contributed by atoms with Crippen molar-refractivity contribution in [1.29, 1.82) is 0 Å². The first-order chi connectivity index (χ1) is 15.5. The van der Waals surface area contributed by atoms with Crippen LogP contribution in [0.2, 0.25) is 0 Å². The van der Waals surface area contributed by atoms with Gasteiger partial charge in [0.05, 0.1) is 19.3 Å². The largest absolute Gasteiger partial charge is 0.490 e. The third kappa shape index (κ3) is 6.25. The zero-order valence-corrected chi connectivity index (χ0v) is 19.4. The third-order valence-corrected chi connectivity index (χ3v) is 5.50. The van der Waals surface area contributed by atoms with E-state index in [2.05, 4.69) is 19.2 Å². The molecule has 0 radical (unpaired) electrons. The van der Waals surface area contributed by atoms with Gasteiger partial charge < -0.3 is 19.7 Å². The highest BCUT2D eigenvalue weighted by Crippen LogP contribution is 2.31. The van der Waals surface area contributed by atoms with Gasteiger partial charge >= 0.3 is 0 Å². The zero-order chi connectivity index (χ0) is 22.9. The molecule has 6 heteroatoms. The molecule has 0 aromatic heterocycles. The molecular weight excluding hydrogens is 404 g/mol. The number of amides is 2. The summed E-state index contributed by atoms with van der Waals surface area (Å²) in [5.41, 5.74) is 2.58. The molecular formula is C26H34N2O4. The number of nitrogens with zero attached hydrogens (tertiary/aromatic N) is 1. The zero-order valence-electron chi connectivity index (χ0n) is 19.4. The minimum atomic E-state index is -0.186. The summed E-state index contributed by atoms with van der Waals surface area (Å²) >= 11 is 0. The molecule has 1 heterocycles. The van der Waals surface area contributed by atoms with Crippen LogP contribution in [0.4, 0.5) is 0 Å². The molecule has 1 fully saturated rings. The van der Waals surface area contributed by atoms with Crippen LogP contribution in [0.5, 0.6) is 11.5 Å². The summed E-state index contributed by atoms with van der Waals surface area (Å²) < 4.78 is 11.7. The number of ether oxygens (including phenoxy) is 2. The Hall–Kier alpha value is -3.02. The lowest BCUT2D eigenvalue weighted by molar-refractivity contribution is -0.128. The summed E-state index contributed by atoms with van der Waals surface area (Å²) in [6.07, 6.45) is 3.39. The summed E-state index contributed by atoms with van der Waals surface area (Å²) in [4.78, 5) is 26.4. The molecule has 0 saturated carbocycles. The van der Waals surface area contributed by atoms with Gasteiger partial charge in [-0.3, -0.25) is 9.59 Å². The van der Waals surface area contributed by atoms with Gasteiger partial charge in [0.1, 0.15) is 0 Å². The van der Waals surface area contributed by atoms with Crippen molar-refractivity contribution in [2.45, 2.75) is 59.0 Å². The van der Waals surface area contributed by atoms with E-state index < -0.39 is 0 Å². The molecule has 1 aliphatic heterocycles. The highest BCUT2D eigenvalue weighted by Gasteiger charge is 2.20. The van der Waals surface area contributed by atoms with Crippen LogP contribution < -0.4 is 14.8 Å². The van der Waals surface area contributed by atoms with Crippen molar-refractivity contribution in [2.75, 3.05) is 19.8 Å². The van der Waals surface area contributed by atoms with Crippen LogP contribution in [-0.2, 0) is 11.3 Å². The van der Waals surface area contributed by atoms with E-state index in [9.17, 15) is 9.59 Å². The van der Waals surface area contributed by atoms with Gasteiger partial charge in [0.25, 0.3) is 5.91 Å². The second-order valence-electron chi connectivity index (χ2n) is 8.21. The Kier molecular flexibility index (Phi) is 8.54. The van der Waals surface area contributed by atoms with E-state index in [0.29, 0.717) is 37.5 Å². The molecule has 2 aromatic carbocycles. The van der Waals surface area contributed by atoms with Crippen LogP contribution in [0.3, 0.4) is 0 Å². The Bertz CT molecular complexity index is 911. The number of nitrogens with one attached hydrogen (secondary N) is 1. The third-order valence-electron chi connectivity index (χ3n) is 5.50. The summed E-state index contributed by atoms with van der Waals surface area (Å²) in [6.45, 7) is 8.74. The van der Waals surface area contributed by atoms with Crippen LogP contribution in [0.15, 0.2) is 42.5 Å². The Balaban J connectivity index is 1.63. The molecule has 0 spiro atoms. The van der Waals surface area contributed by atoms with Crippen molar-refractivity contribution in [3.8, 4) is 11.5 Å². The fraction of sp³-hybridized carbons (Fsp3) is 0.462. The maximum Gasteiger partial charge on any atom is 0.251 e. The van der Waals surface area contributed by atoms with E-state index in [4.69, 9.17) is 9.47 Å². The standard InChI is InChI=1S/C26H34N2O4/c1-4-15-31-23-13-12-22(17-24(23)32-16-5-2)19(3)27-26(30)21-10-8-20(9-11-21)18-28-14-6-7-25(28)29/h8-13,17,19H,4-7,14-16,18H2,1-3H3,(H,27,30). The van der Waals surface area contributed by atoms with Gasteiger partial charge in [-0.1, -0.05) is 32.0 Å². The smallest absolute Gasteiger partial charge is 0.251 e. The monoisotopic (exact) mass is 438 g/mol. The SMILES string of the molecule is CCCOc1ccc(C(C)NC(=O)c2ccc(CN3CCCC3=O)cc2)cc1OCCC. The highest BCUT2D eigenvalue weighted by molar-refractivity contribution is 5.94. The molecule has 1 N–H and O–H groups in total. The number of carbonyl (C=O) groups excluding carboxylic acids is 2. The van der Waals surface area contributed by atoms with Crippen molar-refractivity contribution in [2.24, 2.45) is 0 Å². The molecule has 32 heavy (non-hydrogen) atoms. The first-order valence-corrected chi connectivity index (χ1v) is 11.6. The lowest BCUT2D eigenvalue weighted by atomic mass is 10.1. The molecule has 3 rings (SSSR count). The lowest BCUT2D eigenvalue weighted by Crippen LogP contribution is -2.27. The Morgan fingerprint density at radius 2 is 1.72 bits per heavy atom. The number of benzene rings is 2. The average Bonchev–Trinajstić information content (AvgIpc) is 3.21. The second-order valence-corrected chi connectivity index (χ2v) is 8.21. The van der Waals surface area contributed by atoms with Crippen molar-refractivity contribution in [1.82, 2.24) is 10.2 Å². The molecule has 0 aliphatic carbocycles. The number of likely N-dealkylation sites (tertiary alicyclic amines) is 1. The van der Waals surface area contributed by atoms with Gasteiger partial charge in [-0.15, -0.1) is 0 Å². The first-order valence-electron chi connectivity index (χ1n) is 11.6. The van der Waals surface area contributed by atoms with Crippen LogP contribution in [-0.4, -0.2) is 36.5 Å². The van der Waals surface area contributed by atoms with E-state index in [1.54, 1.807) is 0 Å². The van der Waals surface area contributed by atoms with Gasteiger partial charge in [-0.25, -0.2) is 0 Å². The van der Waals surface area contributed by atoms with Crippen molar-refractivity contribution in [3.05, 3.63) is 59.2 Å². The molecule has 1 unspecified atom stereocenters. The van der Waals surface area contributed by atoms with E-state index in [1.165, 1.54) is 0 Å². The number of carbonyl (C=O) groups is 2. The fourth-order valence-electron chi connectivity index (χ4n) is 3.67. The average molecular weight is 439 g/mol. The molecule has 6 nitrogen and oxygen atoms in total. The van der Waals surface area contributed by atoms with Crippen molar-refractivity contribution in [3.63, 3.8) is 0 Å². The normalized spacial score (nSPS) is 14.3. The van der Waals surface area contributed by atoms with Crippen molar-refractivity contribution < 1.29 is 19.1 Å². The minimum Gasteiger partial charge on any atom is -0.490 e. The fourth-order valence-corrected chi connectivity index (χ4v) is 3.67. The van der Waals surface area contributed by atoms with Crippen molar-refractivity contribution >= 4 is 11.8 Å². The number of hydrogen-bond acceptors (Lipinski definition) is 4. The maximum absolute atomic E-state index is 12.8. The molecule has 1 aliphatic rings. The quantitative estimate of drug-likeness (QED) is 0.543. The highest BCUT2D eigenvalue weighted by atomic mass is 16.5. The van der Waals surface area contributed by atoms with Crippen LogP contribution in [0.1, 0.15) is 74.0 Å². The predicted molar refractivity (Wildman–Crippen MR) is 125 cm³/mol. The first kappa shape index (κ1) is 23.6. The molecule has 1 atom stereocenters. The molecule has 0 bridgehead atoms. The topological polar surface area (TPSA) is 67.9 Å². The number of hydrogen-bond donors (Lipinski definition) is 1. The Labute approximate surface area is 190 Å². The van der Waals surface area contributed by atoms with Gasteiger partial charge in [0.2, 0.25) is 5.91 Å².